The molecule has 1 aliphatic rings. The summed E-state index contributed by atoms with van der Waals surface area (Å²) in [7, 11) is 1.52. The second-order valence-electron chi connectivity index (χ2n) is 6.36. The van der Waals surface area contributed by atoms with Crippen molar-refractivity contribution in [1.29, 1.82) is 0 Å². The van der Waals surface area contributed by atoms with Crippen molar-refractivity contribution in [3.63, 3.8) is 0 Å². The highest BCUT2D eigenvalue weighted by Gasteiger charge is 2.23. The van der Waals surface area contributed by atoms with E-state index in [2.05, 4.69) is 6.58 Å². The molecule has 5 heteroatoms. The van der Waals surface area contributed by atoms with Gasteiger partial charge < -0.3 is 19.7 Å². The Morgan fingerprint density at radius 3 is 2.61 bits per heavy atom. The maximum absolute atomic E-state index is 11.8. The molecule has 1 aliphatic heterocycles. The zero-order chi connectivity index (χ0) is 17.6. The Bertz CT molecular complexity index is 478. The minimum atomic E-state index is -1.33. The number of carbonyl (C=O) groups is 1. The van der Waals surface area contributed by atoms with E-state index in [0.717, 1.165) is 0 Å². The molecule has 0 spiro atoms. The van der Waals surface area contributed by atoms with Crippen molar-refractivity contribution in [2.24, 2.45) is 5.92 Å². The van der Waals surface area contributed by atoms with Gasteiger partial charge in [-0.1, -0.05) is 25.7 Å². The van der Waals surface area contributed by atoms with Gasteiger partial charge in [-0.25, -0.2) is 4.79 Å². The third-order valence-corrected chi connectivity index (χ3v) is 4.21. The van der Waals surface area contributed by atoms with Gasteiger partial charge in [0, 0.05) is 13.2 Å². The molecule has 2 N–H and O–H groups in total. The summed E-state index contributed by atoms with van der Waals surface area (Å²) in [6.45, 7) is 9.23. The van der Waals surface area contributed by atoms with E-state index in [1.54, 1.807) is 6.08 Å². The molecule has 130 valence electrons. The first-order chi connectivity index (χ1) is 10.7. The standard InChI is InChI=1S/C18H28O5/c1-12-6-7-15(19)13(2)16(22-5)8-10-18(4,21)11-9-17(20)23-14(12)3/h8-12,14-16,19,21H,2,6-7H2,1,3-5H3/t12-,14-,15?,16+,18-/m1/s1. The van der Waals surface area contributed by atoms with E-state index in [9.17, 15) is 15.0 Å². The number of hydrogen-bond donors (Lipinski definition) is 2. The maximum Gasteiger partial charge on any atom is 0.330 e. The molecule has 0 aromatic heterocycles. The summed E-state index contributed by atoms with van der Waals surface area (Å²) < 4.78 is 10.6. The summed E-state index contributed by atoms with van der Waals surface area (Å²) in [5.74, 6) is -0.405. The van der Waals surface area contributed by atoms with Gasteiger partial charge in [0.25, 0.3) is 0 Å². The van der Waals surface area contributed by atoms with Crippen LogP contribution in [0, 0.1) is 5.92 Å². The predicted molar refractivity (Wildman–Crippen MR) is 88.8 cm³/mol. The Morgan fingerprint density at radius 2 is 2.00 bits per heavy atom. The van der Waals surface area contributed by atoms with Crippen LogP contribution >= 0.6 is 0 Å². The molecule has 0 aromatic rings. The molecular weight excluding hydrogens is 296 g/mol. The normalized spacial score (nSPS) is 37.3. The van der Waals surface area contributed by atoms with Crippen LogP contribution in [0.2, 0.25) is 0 Å². The summed E-state index contributed by atoms with van der Waals surface area (Å²) in [4.78, 5) is 11.8. The third kappa shape index (κ3) is 6.29. The van der Waals surface area contributed by atoms with Crippen LogP contribution in [0.1, 0.15) is 33.6 Å². The summed E-state index contributed by atoms with van der Waals surface area (Å²) in [6.07, 6.45) is 5.39. The first-order valence-corrected chi connectivity index (χ1v) is 7.87. The Balaban J connectivity index is 3.06. The van der Waals surface area contributed by atoms with Crippen LogP contribution in [0.3, 0.4) is 0 Å². The molecule has 0 fully saturated rings. The van der Waals surface area contributed by atoms with Crippen molar-refractivity contribution in [2.45, 2.75) is 57.5 Å². The van der Waals surface area contributed by atoms with Crippen LogP contribution in [0.15, 0.2) is 36.5 Å². The van der Waals surface area contributed by atoms with Gasteiger partial charge in [-0.2, -0.15) is 0 Å². The van der Waals surface area contributed by atoms with E-state index in [1.807, 2.05) is 13.8 Å². The van der Waals surface area contributed by atoms with Crippen LogP contribution in [-0.4, -0.2) is 47.2 Å². The predicted octanol–water partition coefficient (Wildman–Crippen LogP) is 2.14. The fourth-order valence-electron chi connectivity index (χ4n) is 2.30. The number of methoxy groups -OCH3 is 1. The SMILES string of the molecule is C=C1C(O)CC[C@@H](C)[C@@H](C)OC(=O)C=C[C@](C)(O)C=C[C@@H]1OC. The molecule has 5 atom stereocenters. The van der Waals surface area contributed by atoms with Crippen molar-refractivity contribution in [3.05, 3.63) is 36.5 Å². The topological polar surface area (TPSA) is 76.0 Å². The molecule has 1 heterocycles. The molecule has 0 saturated heterocycles. The number of ether oxygens (including phenoxy) is 2. The average molecular weight is 324 g/mol. The van der Waals surface area contributed by atoms with Gasteiger partial charge in [0.1, 0.15) is 6.10 Å². The molecule has 0 radical (unpaired) electrons. The van der Waals surface area contributed by atoms with Crippen molar-refractivity contribution >= 4 is 5.97 Å². The molecule has 0 saturated carbocycles. The fraction of sp³-hybridized carbons (Fsp3) is 0.611. The minimum absolute atomic E-state index is 0.0924. The zero-order valence-corrected chi connectivity index (χ0v) is 14.4. The zero-order valence-electron chi connectivity index (χ0n) is 14.4. The molecule has 0 amide bonds. The number of aliphatic hydroxyl groups excluding tert-OH is 1. The van der Waals surface area contributed by atoms with Gasteiger partial charge >= 0.3 is 5.97 Å². The lowest BCUT2D eigenvalue weighted by Crippen LogP contribution is -2.27. The number of rotatable bonds is 1. The van der Waals surface area contributed by atoms with Crippen LogP contribution in [0.5, 0.6) is 0 Å². The Labute approximate surface area is 138 Å². The lowest BCUT2D eigenvalue weighted by molar-refractivity contribution is -0.144. The van der Waals surface area contributed by atoms with E-state index >= 15 is 0 Å². The maximum atomic E-state index is 11.8. The molecule has 1 rings (SSSR count). The van der Waals surface area contributed by atoms with E-state index in [1.165, 1.54) is 32.3 Å². The smallest absolute Gasteiger partial charge is 0.330 e. The van der Waals surface area contributed by atoms with E-state index < -0.39 is 23.8 Å². The molecule has 0 bridgehead atoms. The molecule has 1 unspecified atom stereocenters. The Hall–Kier alpha value is -1.43. The van der Waals surface area contributed by atoms with Crippen molar-refractivity contribution in [2.75, 3.05) is 7.11 Å². The van der Waals surface area contributed by atoms with E-state index in [0.29, 0.717) is 18.4 Å². The highest BCUT2D eigenvalue weighted by molar-refractivity contribution is 5.82. The number of esters is 1. The highest BCUT2D eigenvalue weighted by Crippen LogP contribution is 2.22. The second kappa shape index (κ2) is 8.43. The molecule has 23 heavy (non-hydrogen) atoms. The van der Waals surface area contributed by atoms with Gasteiger partial charge in [0.05, 0.1) is 17.8 Å². The first kappa shape index (κ1) is 19.6. The molecule has 5 nitrogen and oxygen atoms in total. The summed E-state index contributed by atoms with van der Waals surface area (Å²) >= 11 is 0. The molecule has 0 aromatic carbocycles. The van der Waals surface area contributed by atoms with E-state index in [-0.39, 0.29) is 12.0 Å². The number of hydrogen-bond acceptors (Lipinski definition) is 5. The largest absolute Gasteiger partial charge is 0.459 e. The number of cyclic esters (lactones) is 1. The number of aliphatic hydroxyl groups is 2. The Kier molecular flexibility index (Phi) is 7.19. The lowest BCUT2D eigenvalue weighted by atomic mass is 9.93. The summed E-state index contributed by atoms with van der Waals surface area (Å²) in [6, 6.07) is 0. The highest BCUT2D eigenvalue weighted by atomic mass is 16.5. The van der Waals surface area contributed by atoms with Gasteiger partial charge in [-0.05, 0) is 44.3 Å². The monoisotopic (exact) mass is 324 g/mol. The van der Waals surface area contributed by atoms with Crippen LogP contribution in [0.25, 0.3) is 0 Å². The average Bonchev–Trinajstić information content (AvgIpc) is 2.49. The molecular formula is C18H28O5. The summed E-state index contributed by atoms with van der Waals surface area (Å²) in [5.41, 5.74) is -0.794. The van der Waals surface area contributed by atoms with Gasteiger partial charge in [-0.3, -0.25) is 0 Å². The van der Waals surface area contributed by atoms with Crippen molar-refractivity contribution in [3.8, 4) is 0 Å². The Morgan fingerprint density at radius 1 is 1.35 bits per heavy atom. The van der Waals surface area contributed by atoms with Gasteiger partial charge in [0.15, 0.2) is 0 Å². The first-order valence-electron chi connectivity index (χ1n) is 7.87. The van der Waals surface area contributed by atoms with E-state index in [4.69, 9.17) is 9.47 Å². The fourth-order valence-corrected chi connectivity index (χ4v) is 2.30. The van der Waals surface area contributed by atoms with Crippen LogP contribution in [0.4, 0.5) is 0 Å². The molecule has 0 aliphatic carbocycles. The third-order valence-electron chi connectivity index (χ3n) is 4.21. The van der Waals surface area contributed by atoms with Crippen LogP contribution < -0.4 is 0 Å². The van der Waals surface area contributed by atoms with Gasteiger partial charge in [0.2, 0.25) is 0 Å². The van der Waals surface area contributed by atoms with Crippen molar-refractivity contribution in [1.82, 2.24) is 0 Å². The number of carbonyl (C=O) groups excluding carboxylic acids is 1. The quantitative estimate of drug-likeness (QED) is 0.571. The van der Waals surface area contributed by atoms with Crippen molar-refractivity contribution < 1.29 is 24.5 Å². The minimum Gasteiger partial charge on any atom is -0.459 e. The second-order valence-corrected chi connectivity index (χ2v) is 6.36. The van der Waals surface area contributed by atoms with Crippen LogP contribution in [-0.2, 0) is 14.3 Å². The summed E-state index contributed by atoms with van der Waals surface area (Å²) in [5, 5.41) is 20.5. The lowest BCUT2D eigenvalue weighted by Gasteiger charge is -2.25. The van der Waals surface area contributed by atoms with Gasteiger partial charge in [-0.15, -0.1) is 0 Å².